The van der Waals surface area contributed by atoms with E-state index in [4.69, 9.17) is 9.47 Å². The lowest BCUT2D eigenvalue weighted by Crippen LogP contribution is -2.44. The summed E-state index contributed by atoms with van der Waals surface area (Å²) >= 11 is 3.34. The average Bonchev–Trinajstić information content (AvgIpc) is 2.60. The molecule has 122 valence electrons. The van der Waals surface area contributed by atoms with Crippen molar-refractivity contribution in [3.05, 3.63) is 35.3 Å². The Balaban J connectivity index is 1.59. The quantitative estimate of drug-likeness (QED) is 0.762. The van der Waals surface area contributed by atoms with Gasteiger partial charge < -0.3 is 19.7 Å². The number of halogens is 1. The fourth-order valence-electron chi connectivity index (χ4n) is 2.27. The van der Waals surface area contributed by atoms with Crippen molar-refractivity contribution >= 4 is 21.7 Å². The number of hydrogen-bond acceptors (Lipinski definition) is 7. The molecule has 1 aliphatic rings. The van der Waals surface area contributed by atoms with Crippen LogP contribution in [0.25, 0.3) is 0 Å². The fraction of sp³-hybridized carbons (Fsp3) is 0.400. The van der Waals surface area contributed by atoms with E-state index in [2.05, 4.69) is 41.1 Å². The summed E-state index contributed by atoms with van der Waals surface area (Å²) in [5.74, 6) is 2.02. The SMILES string of the molecule is Brc1cnc(N2CCNCC2)c(OCCOc2cccnc2)n1. The predicted octanol–water partition coefficient (Wildman–Crippen LogP) is 1.50. The summed E-state index contributed by atoms with van der Waals surface area (Å²) in [6, 6.07) is 3.69. The zero-order valence-electron chi connectivity index (χ0n) is 12.6. The first-order valence-corrected chi connectivity index (χ1v) is 8.26. The lowest BCUT2D eigenvalue weighted by atomic mass is 10.3. The van der Waals surface area contributed by atoms with Gasteiger partial charge in [-0.05, 0) is 28.1 Å². The van der Waals surface area contributed by atoms with Crippen LogP contribution in [0.5, 0.6) is 11.6 Å². The zero-order valence-corrected chi connectivity index (χ0v) is 14.2. The molecule has 3 heterocycles. The Bertz CT molecular complexity index is 623. The maximum Gasteiger partial charge on any atom is 0.258 e. The second-order valence-electron chi connectivity index (χ2n) is 4.94. The van der Waals surface area contributed by atoms with Crippen molar-refractivity contribution in [1.82, 2.24) is 20.3 Å². The highest BCUT2D eigenvalue weighted by atomic mass is 79.9. The van der Waals surface area contributed by atoms with Crippen molar-refractivity contribution in [3.8, 4) is 11.6 Å². The van der Waals surface area contributed by atoms with Crippen molar-refractivity contribution in [3.63, 3.8) is 0 Å². The smallest absolute Gasteiger partial charge is 0.258 e. The Labute approximate surface area is 143 Å². The van der Waals surface area contributed by atoms with E-state index in [-0.39, 0.29) is 0 Å². The Morgan fingerprint density at radius 3 is 2.78 bits per heavy atom. The minimum atomic E-state index is 0.388. The molecule has 0 spiro atoms. The van der Waals surface area contributed by atoms with Crippen LogP contribution in [-0.2, 0) is 0 Å². The Hall–Kier alpha value is -1.93. The van der Waals surface area contributed by atoms with E-state index in [0.717, 1.165) is 37.7 Å². The summed E-state index contributed by atoms with van der Waals surface area (Å²) in [7, 11) is 0. The van der Waals surface area contributed by atoms with Gasteiger partial charge in [0.2, 0.25) is 0 Å². The normalized spacial score (nSPS) is 14.6. The molecule has 0 radical (unpaired) electrons. The molecule has 8 heteroatoms. The number of rotatable bonds is 6. The molecular formula is C15H18BrN5O2. The predicted molar refractivity (Wildman–Crippen MR) is 90.0 cm³/mol. The Kier molecular flexibility index (Phi) is 5.60. The summed E-state index contributed by atoms with van der Waals surface area (Å²) in [6.45, 7) is 4.44. The maximum absolute atomic E-state index is 5.78. The molecule has 0 atom stereocenters. The highest BCUT2D eigenvalue weighted by Gasteiger charge is 2.18. The second-order valence-corrected chi connectivity index (χ2v) is 5.76. The molecule has 1 aliphatic heterocycles. The third-order valence-corrected chi connectivity index (χ3v) is 3.72. The molecular weight excluding hydrogens is 362 g/mol. The third kappa shape index (κ3) is 4.52. The topological polar surface area (TPSA) is 72.4 Å². The molecule has 1 fully saturated rings. The molecule has 7 nitrogen and oxygen atoms in total. The number of hydrogen-bond donors (Lipinski definition) is 1. The van der Waals surface area contributed by atoms with Crippen molar-refractivity contribution in [2.75, 3.05) is 44.3 Å². The van der Waals surface area contributed by atoms with E-state index >= 15 is 0 Å². The Morgan fingerprint density at radius 2 is 2.00 bits per heavy atom. The van der Waals surface area contributed by atoms with E-state index in [9.17, 15) is 0 Å². The number of ether oxygens (including phenoxy) is 2. The molecule has 3 rings (SSSR count). The number of nitrogens with one attached hydrogen (secondary N) is 1. The lowest BCUT2D eigenvalue weighted by molar-refractivity contribution is 0.211. The van der Waals surface area contributed by atoms with Gasteiger partial charge in [0.15, 0.2) is 5.82 Å². The minimum Gasteiger partial charge on any atom is -0.488 e. The number of piperazine rings is 1. The monoisotopic (exact) mass is 379 g/mol. The molecule has 2 aromatic heterocycles. The number of pyridine rings is 1. The average molecular weight is 380 g/mol. The van der Waals surface area contributed by atoms with Crippen LogP contribution < -0.4 is 19.7 Å². The summed E-state index contributed by atoms with van der Waals surface area (Å²) in [4.78, 5) is 15.0. The van der Waals surface area contributed by atoms with Crippen molar-refractivity contribution < 1.29 is 9.47 Å². The second kappa shape index (κ2) is 8.07. The summed E-state index contributed by atoms with van der Waals surface area (Å²) < 4.78 is 12.0. The van der Waals surface area contributed by atoms with Gasteiger partial charge in [-0.1, -0.05) is 0 Å². The van der Waals surface area contributed by atoms with Crippen LogP contribution in [0.1, 0.15) is 0 Å². The van der Waals surface area contributed by atoms with E-state index in [1.165, 1.54) is 0 Å². The van der Waals surface area contributed by atoms with Gasteiger partial charge in [0.05, 0.1) is 12.4 Å². The van der Waals surface area contributed by atoms with Crippen LogP contribution >= 0.6 is 15.9 Å². The lowest BCUT2D eigenvalue weighted by Gasteiger charge is -2.29. The van der Waals surface area contributed by atoms with Crippen LogP contribution in [0.4, 0.5) is 5.82 Å². The molecule has 1 N–H and O–H groups in total. The molecule has 0 aromatic carbocycles. The van der Waals surface area contributed by atoms with Crippen molar-refractivity contribution in [1.29, 1.82) is 0 Å². The van der Waals surface area contributed by atoms with Crippen LogP contribution in [0, 0.1) is 0 Å². The summed E-state index contributed by atoms with van der Waals surface area (Å²) in [5.41, 5.74) is 0. The van der Waals surface area contributed by atoms with Crippen LogP contribution in [0.15, 0.2) is 35.3 Å². The minimum absolute atomic E-state index is 0.388. The molecule has 0 unspecified atom stereocenters. The van der Waals surface area contributed by atoms with Gasteiger partial charge in [-0.15, -0.1) is 0 Å². The maximum atomic E-state index is 5.78. The molecule has 1 saturated heterocycles. The van der Waals surface area contributed by atoms with E-state index < -0.39 is 0 Å². The first-order valence-electron chi connectivity index (χ1n) is 7.47. The molecule has 0 bridgehead atoms. The first kappa shape index (κ1) is 15.9. The molecule has 23 heavy (non-hydrogen) atoms. The van der Waals surface area contributed by atoms with Crippen LogP contribution in [-0.4, -0.2) is 54.3 Å². The first-order chi connectivity index (χ1) is 11.3. The molecule has 2 aromatic rings. The van der Waals surface area contributed by atoms with Crippen LogP contribution in [0.3, 0.4) is 0 Å². The highest BCUT2D eigenvalue weighted by molar-refractivity contribution is 9.10. The van der Waals surface area contributed by atoms with Gasteiger partial charge in [-0.2, -0.15) is 0 Å². The third-order valence-electron chi connectivity index (χ3n) is 3.33. The van der Waals surface area contributed by atoms with Crippen molar-refractivity contribution in [2.45, 2.75) is 0 Å². The number of aromatic nitrogens is 3. The summed E-state index contributed by atoms with van der Waals surface area (Å²) in [5, 5.41) is 3.32. The number of anilines is 1. The fourth-order valence-corrected chi connectivity index (χ4v) is 2.53. The van der Waals surface area contributed by atoms with Gasteiger partial charge in [0, 0.05) is 32.4 Å². The summed E-state index contributed by atoms with van der Waals surface area (Å²) in [6.07, 6.45) is 5.07. The zero-order chi connectivity index (χ0) is 15.9. The molecule has 0 aliphatic carbocycles. The van der Waals surface area contributed by atoms with Gasteiger partial charge in [0.25, 0.3) is 5.88 Å². The van der Waals surface area contributed by atoms with Crippen LogP contribution in [0.2, 0.25) is 0 Å². The van der Waals surface area contributed by atoms with E-state index in [1.807, 2.05) is 12.1 Å². The standard InChI is InChI=1S/C15H18BrN5O2/c16-13-11-19-14(21-6-4-17-5-7-21)15(20-13)23-9-8-22-12-2-1-3-18-10-12/h1-3,10-11,17H,4-9H2. The van der Waals surface area contributed by atoms with Gasteiger partial charge in [-0.3, -0.25) is 4.98 Å². The van der Waals surface area contributed by atoms with Gasteiger partial charge in [-0.25, -0.2) is 9.97 Å². The van der Waals surface area contributed by atoms with Gasteiger partial charge >= 0.3 is 0 Å². The van der Waals surface area contributed by atoms with E-state index in [0.29, 0.717) is 23.7 Å². The molecule has 0 amide bonds. The van der Waals surface area contributed by atoms with Gasteiger partial charge in [0.1, 0.15) is 23.6 Å². The molecule has 0 saturated carbocycles. The largest absolute Gasteiger partial charge is 0.488 e. The van der Waals surface area contributed by atoms with E-state index in [1.54, 1.807) is 18.6 Å². The highest BCUT2D eigenvalue weighted by Crippen LogP contribution is 2.25. The Morgan fingerprint density at radius 1 is 1.17 bits per heavy atom. The van der Waals surface area contributed by atoms with Crippen molar-refractivity contribution in [2.24, 2.45) is 0 Å². The number of nitrogens with zero attached hydrogens (tertiary/aromatic N) is 4.